The SMILES string of the molecule is Cc1cccc(C)c1-n1nc2c(c1-c1ccc(N)cc1)CN(c1ccccc1C(C)C)CC2. The summed E-state index contributed by atoms with van der Waals surface area (Å²) in [5, 5.41) is 5.19. The molecule has 0 amide bonds. The van der Waals surface area contributed by atoms with E-state index in [9.17, 15) is 0 Å². The van der Waals surface area contributed by atoms with Gasteiger partial charge in [0.15, 0.2) is 0 Å². The number of hydrogen-bond donors (Lipinski definition) is 1. The van der Waals surface area contributed by atoms with E-state index in [1.54, 1.807) is 0 Å². The molecule has 0 aliphatic carbocycles. The number of nitrogens with zero attached hydrogens (tertiary/aromatic N) is 3. The highest BCUT2D eigenvalue weighted by Crippen LogP contribution is 2.37. The Kier molecular flexibility index (Phi) is 5.45. The molecule has 0 fully saturated rings. The molecule has 4 aromatic rings. The van der Waals surface area contributed by atoms with E-state index in [1.807, 2.05) is 12.1 Å². The molecule has 4 nitrogen and oxygen atoms in total. The van der Waals surface area contributed by atoms with Crippen LogP contribution >= 0.6 is 0 Å². The van der Waals surface area contributed by atoms with E-state index in [4.69, 9.17) is 10.8 Å². The van der Waals surface area contributed by atoms with Crippen LogP contribution in [0.4, 0.5) is 11.4 Å². The molecule has 168 valence electrons. The molecule has 0 unspecified atom stereocenters. The highest BCUT2D eigenvalue weighted by atomic mass is 15.3. The molecule has 0 saturated heterocycles. The van der Waals surface area contributed by atoms with Crippen molar-refractivity contribution in [1.29, 1.82) is 0 Å². The Balaban J connectivity index is 1.68. The van der Waals surface area contributed by atoms with E-state index in [0.29, 0.717) is 5.92 Å². The minimum absolute atomic E-state index is 0.483. The fourth-order valence-electron chi connectivity index (χ4n) is 5.08. The van der Waals surface area contributed by atoms with Crippen molar-refractivity contribution in [3.63, 3.8) is 0 Å². The molecular formula is C29H32N4. The average Bonchev–Trinajstić information content (AvgIpc) is 3.17. The molecule has 0 radical (unpaired) electrons. The molecule has 2 N–H and O–H groups in total. The maximum absolute atomic E-state index is 6.03. The lowest BCUT2D eigenvalue weighted by atomic mass is 9.96. The summed E-state index contributed by atoms with van der Waals surface area (Å²) in [4.78, 5) is 2.52. The summed E-state index contributed by atoms with van der Waals surface area (Å²) in [6.45, 7) is 10.7. The zero-order valence-electron chi connectivity index (χ0n) is 20.0. The number of hydrogen-bond acceptors (Lipinski definition) is 3. The zero-order chi connectivity index (χ0) is 23.1. The van der Waals surface area contributed by atoms with Gasteiger partial charge < -0.3 is 10.6 Å². The van der Waals surface area contributed by atoms with Crippen LogP contribution in [0.3, 0.4) is 0 Å². The highest BCUT2D eigenvalue weighted by molar-refractivity contribution is 5.71. The lowest BCUT2D eigenvalue weighted by Crippen LogP contribution is -2.31. The number of nitrogens with two attached hydrogens (primary N) is 1. The van der Waals surface area contributed by atoms with Crippen molar-refractivity contribution in [1.82, 2.24) is 9.78 Å². The third-order valence-corrected chi connectivity index (χ3v) is 6.77. The molecule has 1 aromatic heterocycles. The maximum atomic E-state index is 6.03. The summed E-state index contributed by atoms with van der Waals surface area (Å²) in [7, 11) is 0. The van der Waals surface area contributed by atoms with Gasteiger partial charge in [0.05, 0.1) is 17.1 Å². The second-order valence-corrected chi connectivity index (χ2v) is 9.43. The molecule has 0 bridgehead atoms. The summed E-state index contributed by atoms with van der Waals surface area (Å²) in [5.74, 6) is 0.483. The van der Waals surface area contributed by atoms with Gasteiger partial charge in [0.2, 0.25) is 0 Å². The standard InChI is InChI=1S/C29H32N4/c1-19(2)24-10-5-6-11-27(24)32-17-16-26-25(18-32)29(22-12-14-23(30)15-13-22)33(31-26)28-20(3)8-7-9-21(28)4/h5-15,19H,16-18,30H2,1-4H3. The summed E-state index contributed by atoms with van der Waals surface area (Å²) in [6, 6.07) is 23.5. The van der Waals surface area contributed by atoms with Crippen LogP contribution < -0.4 is 10.6 Å². The molecule has 0 saturated carbocycles. The smallest absolute Gasteiger partial charge is 0.0794 e. The molecule has 0 spiro atoms. The predicted octanol–water partition coefficient (Wildman–Crippen LogP) is 6.42. The van der Waals surface area contributed by atoms with Crippen molar-refractivity contribution in [3.8, 4) is 16.9 Å². The fraction of sp³-hybridized carbons (Fsp3) is 0.276. The Morgan fingerprint density at radius 1 is 0.879 bits per heavy atom. The van der Waals surface area contributed by atoms with Crippen LogP contribution in [0.25, 0.3) is 16.9 Å². The number of benzene rings is 3. The third kappa shape index (κ3) is 3.80. The summed E-state index contributed by atoms with van der Waals surface area (Å²) < 4.78 is 2.18. The van der Waals surface area contributed by atoms with Crippen LogP contribution in [-0.2, 0) is 13.0 Å². The largest absolute Gasteiger partial charge is 0.399 e. The van der Waals surface area contributed by atoms with Crippen molar-refractivity contribution < 1.29 is 0 Å². The van der Waals surface area contributed by atoms with Crippen molar-refractivity contribution >= 4 is 11.4 Å². The van der Waals surface area contributed by atoms with Gasteiger partial charge in [-0.3, -0.25) is 0 Å². The zero-order valence-corrected chi connectivity index (χ0v) is 20.0. The van der Waals surface area contributed by atoms with E-state index < -0.39 is 0 Å². The van der Waals surface area contributed by atoms with Crippen LogP contribution in [0.2, 0.25) is 0 Å². The first kappa shape index (κ1) is 21.3. The van der Waals surface area contributed by atoms with Crippen LogP contribution in [0.1, 0.15) is 47.7 Å². The molecule has 4 heteroatoms. The first-order valence-electron chi connectivity index (χ1n) is 11.8. The van der Waals surface area contributed by atoms with Crippen molar-refractivity contribution in [2.24, 2.45) is 0 Å². The van der Waals surface area contributed by atoms with Gasteiger partial charge in [0, 0.05) is 42.0 Å². The summed E-state index contributed by atoms with van der Waals surface area (Å²) in [6.07, 6.45) is 0.932. The number of fused-ring (bicyclic) bond motifs is 1. The van der Waals surface area contributed by atoms with Gasteiger partial charge in [-0.1, -0.05) is 62.4 Å². The van der Waals surface area contributed by atoms with Crippen LogP contribution in [0.5, 0.6) is 0 Å². The first-order valence-corrected chi connectivity index (χ1v) is 11.8. The number of aromatic nitrogens is 2. The number of aryl methyl sites for hydroxylation is 2. The van der Waals surface area contributed by atoms with Gasteiger partial charge in [-0.2, -0.15) is 5.10 Å². The number of para-hydroxylation sites is 2. The van der Waals surface area contributed by atoms with Crippen molar-refractivity contribution in [2.45, 2.75) is 46.6 Å². The van der Waals surface area contributed by atoms with Gasteiger partial charge in [-0.15, -0.1) is 0 Å². The van der Waals surface area contributed by atoms with Crippen LogP contribution in [0, 0.1) is 13.8 Å². The molecule has 0 atom stereocenters. The Morgan fingerprint density at radius 2 is 1.58 bits per heavy atom. The van der Waals surface area contributed by atoms with E-state index >= 15 is 0 Å². The number of rotatable bonds is 4. The number of nitrogen functional groups attached to an aromatic ring is 1. The highest BCUT2D eigenvalue weighted by Gasteiger charge is 2.28. The molecule has 33 heavy (non-hydrogen) atoms. The van der Waals surface area contributed by atoms with Crippen molar-refractivity contribution in [3.05, 3.63) is 94.7 Å². The van der Waals surface area contributed by atoms with Gasteiger partial charge in [0.25, 0.3) is 0 Å². The van der Waals surface area contributed by atoms with Gasteiger partial charge >= 0.3 is 0 Å². The molecule has 5 rings (SSSR count). The molecule has 1 aliphatic heterocycles. The monoisotopic (exact) mass is 436 g/mol. The van der Waals surface area contributed by atoms with Crippen molar-refractivity contribution in [2.75, 3.05) is 17.2 Å². The van der Waals surface area contributed by atoms with Gasteiger partial charge in [-0.25, -0.2) is 4.68 Å². The van der Waals surface area contributed by atoms with Crippen LogP contribution in [0.15, 0.2) is 66.7 Å². The minimum atomic E-state index is 0.483. The number of anilines is 2. The van der Waals surface area contributed by atoms with E-state index in [0.717, 1.165) is 30.8 Å². The summed E-state index contributed by atoms with van der Waals surface area (Å²) in [5.41, 5.74) is 18.0. The Bertz CT molecular complexity index is 1280. The molecule has 1 aliphatic rings. The Morgan fingerprint density at radius 3 is 2.27 bits per heavy atom. The molecule has 2 heterocycles. The Hall–Kier alpha value is -3.53. The normalized spacial score (nSPS) is 13.4. The Labute approximate surface area is 196 Å². The average molecular weight is 437 g/mol. The maximum Gasteiger partial charge on any atom is 0.0794 e. The topological polar surface area (TPSA) is 47.1 Å². The second kappa shape index (κ2) is 8.43. The minimum Gasteiger partial charge on any atom is -0.399 e. The van der Waals surface area contributed by atoms with Gasteiger partial charge in [-0.05, 0) is 54.7 Å². The molecule has 3 aromatic carbocycles. The predicted molar refractivity (Wildman–Crippen MR) is 138 cm³/mol. The fourth-order valence-corrected chi connectivity index (χ4v) is 5.08. The van der Waals surface area contributed by atoms with Gasteiger partial charge in [0.1, 0.15) is 0 Å². The lowest BCUT2D eigenvalue weighted by Gasteiger charge is -2.31. The van der Waals surface area contributed by atoms with Crippen LogP contribution in [-0.4, -0.2) is 16.3 Å². The van der Waals surface area contributed by atoms with E-state index in [2.05, 4.69) is 91.9 Å². The quantitative estimate of drug-likeness (QED) is 0.375. The second-order valence-electron chi connectivity index (χ2n) is 9.43. The van der Waals surface area contributed by atoms with E-state index in [1.165, 1.54) is 45.0 Å². The lowest BCUT2D eigenvalue weighted by molar-refractivity contribution is 0.706. The van der Waals surface area contributed by atoms with E-state index in [-0.39, 0.29) is 0 Å². The third-order valence-electron chi connectivity index (χ3n) is 6.77. The summed E-state index contributed by atoms with van der Waals surface area (Å²) >= 11 is 0. The molecular weight excluding hydrogens is 404 g/mol. The first-order chi connectivity index (χ1) is 15.9.